The standard InChI is InChI=1S/C11H15NO/c1-8-4-5-11(13)9(7-8)10-3-2-6-12-10/h4-5,7,10,12-13H,2-3,6H2,1H3. The number of rotatable bonds is 1. The molecule has 70 valence electrons. The Labute approximate surface area is 78.6 Å². The average Bonchev–Trinajstić information content (AvgIpc) is 2.61. The molecule has 1 atom stereocenters. The maximum absolute atomic E-state index is 9.66. The summed E-state index contributed by atoms with van der Waals surface area (Å²) < 4.78 is 0. The maximum atomic E-state index is 9.66. The smallest absolute Gasteiger partial charge is 0.120 e. The lowest BCUT2D eigenvalue weighted by atomic mass is 10.0. The first-order valence-corrected chi connectivity index (χ1v) is 4.80. The topological polar surface area (TPSA) is 32.3 Å². The summed E-state index contributed by atoms with van der Waals surface area (Å²) in [6.45, 7) is 3.12. The quantitative estimate of drug-likeness (QED) is 0.688. The summed E-state index contributed by atoms with van der Waals surface area (Å²) in [5.74, 6) is 0.421. The second kappa shape index (κ2) is 3.38. The highest BCUT2D eigenvalue weighted by atomic mass is 16.3. The Balaban J connectivity index is 2.32. The molecule has 1 aliphatic heterocycles. The minimum Gasteiger partial charge on any atom is -0.508 e. The summed E-state index contributed by atoms with van der Waals surface area (Å²) in [5, 5.41) is 13.0. The van der Waals surface area contributed by atoms with Crippen LogP contribution in [0.25, 0.3) is 0 Å². The molecule has 1 unspecified atom stereocenters. The summed E-state index contributed by atoms with van der Waals surface area (Å²) in [4.78, 5) is 0. The summed E-state index contributed by atoms with van der Waals surface area (Å²) in [6.07, 6.45) is 2.34. The van der Waals surface area contributed by atoms with Crippen molar-refractivity contribution in [3.05, 3.63) is 29.3 Å². The second-order valence-electron chi connectivity index (χ2n) is 3.71. The Hall–Kier alpha value is -1.02. The monoisotopic (exact) mass is 177 g/mol. The van der Waals surface area contributed by atoms with Crippen molar-refractivity contribution in [1.29, 1.82) is 0 Å². The van der Waals surface area contributed by atoms with Gasteiger partial charge in [-0.2, -0.15) is 0 Å². The largest absolute Gasteiger partial charge is 0.508 e. The van der Waals surface area contributed by atoms with Gasteiger partial charge in [-0.05, 0) is 32.4 Å². The van der Waals surface area contributed by atoms with E-state index in [4.69, 9.17) is 0 Å². The van der Waals surface area contributed by atoms with Gasteiger partial charge < -0.3 is 10.4 Å². The Morgan fingerprint density at radius 1 is 1.46 bits per heavy atom. The highest BCUT2D eigenvalue weighted by molar-refractivity contribution is 5.38. The van der Waals surface area contributed by atoms with Crippen molar-refractivity contribution in [3.8, 4) is 5.75 Å². The number of phenolic OH excluding ortho intramolecular Hbond substituents is 1. The van der Waals surface area contributed by atoms with E-state index in [0.29, 0.717) is 11.8 Å². The lowest BCUT2D eigenvalue weighted by molar-refractivity contribution is 0.457. The van der Waals surface area contributed by atoms with Crippen molar-refractivity contribution in [2.24, 2.45) is 0 Å². The molecule has 0 spiro atoms. The fraction of sp³-hybridized carbons (Fsp3) is 0.455. The lowest BCUT2D eigenvalue weighted by Crippen LogP contribution is -2.12. The van der Waals surface area contributed by atoms with Crippen LogP contribution in [0.2, 0.25) is 0 Å². The molecule has 13 heavy (non-hydrogen) atoms. The van der Waals surface area contributed by atoms with Crippen LogP contribution in [0.1, 0.15) is 30.0 Å². The van der Waals surface area contributed by atoms with Crippen LogP contribution in [-0.4, -0.2) is 11.7 Å². The Bertz CT molecular complexity index is 303. The molecule has 1 saturated heterocycles. The van der Waals surface area contributed by atoms with Crippen LogP contribution in [-0.2, 0) is 0 Å². The van der Waals surface area contributed by atoms with Crippen molar-refractivity contribution < 1.29 is 5.11 Å². The van der Waals surface area contributed by atoms with Gasteiger partial charge in [0.1, 0.15) is 5.75 Å². The van der Waals surface area contributed by atoms with Gasteiger partial charge in [0.25, 0.3) is 0 Å². The second-order valence-corrected chi connectivity index (χ2v) is 3.71. The van der Waals surface area contributed by atoms with Gasteiger partial charge in [0.2, 0.25) is 0 Å². The Morgan fingerprint density at radius 2 is 2.31 bits per heavy atom. The van der Waals surface area contributed by atoms with E-state index in [2.05, 4.69) is 18.3 Å². The van der Waals surface area contributed by atoms with Crippen LogP contribution in [0, 0.1) is 6.92 Å². The average molecular weight is 177 g/mol. The summed E-state index contributed by atoms with van der Waals surface area (Å²) in [7, 11) is 0. The zero-order valence-electron chi connectivity index (χ0n) is 7.88. The van der Waals surface area contributed by atoms with Crippen molar-refractivity contribution in [3.63, 3.8) is 0 Å². The molecule has 0 aromatic heterocycles. The van der Waals surface area contributed by atoms with E-state index in [-0.39, 0.29) is 0 Å². The molecule has 0 radical (unpaired) electrons. The van der Waals surface area contributed by atoms with Crippen molar-refractivity contribution in [2.75, 3.05) is 6.54 Å². The number of hydrogen-bond acceptors (Lipinski definition) is 2. The van der Waals surface area contributed by atoms with Crippen LogP contribution in [0.15, 0.2) is 18.2 Å². The fourth-order valence-corrected chi connectivity index (χ4v) is 1.90. The summed E-state index contributed by atoms with van der Waals surface area (Å²) in [5.41, 5.74) is 2.26. The van der Waals surface area contributed by atoms with Crippen LogP contribution >= 0.6 is 0 Å². The first kappa shape index (κ1) is 8.57. The third-order valence-corrected chi connectivity index (χ3v) is 2.62. The van der Waals surface area contributed by atoms with Crippen molar-refractivity contribution >= 4 is 0 Å². The highest BCUT2D eigenvalue weighted by Crippen LogP contribution is 2.30. The van der Waals surface area contributed by atoms with Crippen molar-refractivity contribution in [1.82, 2.24) is 5.32 Å². The Kier molecular flexibility index (Phi) is 2.23. The third kappa shape index (κ3) is 1.68. The highest BCUT2D eigenvalue weighted by Gasteiger charge is 2.18. The molecule has 2 heteroatoms. The van der Waals surface area contributed by atoms with Gasteiger partial charge in [-0.15, -0.1) is 0 Å². The predicted molar refractivity (Wildman–Crippen MR) is 52.8 cm³/mol. The minimum absolute atomic E-state index is 0.361. The van der Waals surface area contributed by atoms with E-state index in [1.165, 1.54) is 12.0 Å². The van der Waals surface area contributed by atoms with E-state index in [1.54, 1.807) is 6.07 Å². The molecule has 2 N–H and O–H groups in total. The molecule has 1 aliphatic rings. The van der Waals surface area contributed by atoms with E-state index in [0.717, 1.165) is 18.5 Å². The number of aryl methyl sites for hydroxylation is 1. The number of aromatic hydroxyl groups is 1. The molecular formula is C11H15NO. The molecule has 2 rings (SSSR count). The molecule has 1 fully saturated rings. The van der Waals surface area contributed by atoms with E-state index in [1.807, 2.05) is 6.07 Å². The first-order chi connectivity index (χ1) is 6.27. The SMILES string of the molecule is Cc1ccc(O)c(C2CCCN2)c1. The van der Waals surface area contributed by atoms with Gasteiger partial charge in [0.15, 0.2) is 0 Å². The molecule has 0 amide bonds. The number of benzene rings is 1. The van der Waals surface area contributed by atoms with Gasteiger partial charge in [0, 0.05) is 11.6 Å². The zero-order valence-corrected chi connectivity index (χ0v) is 7.88. The molecule has 1 aromatic carbocycles. The molecule has 0 saturated carbocycles. The third-order valence-electron chi connectivity index (χ3n) is 2.62. The van der Waals surface area contributed by atoms with Gasteiger partial charge in [-0.1, -0.05) is 17.7 Å². The van der Waals surface area contributed by atoms with Gasteiger partial charge in [-0.25, -0.2) is 0 Å². The van der Waals surface area contributed by atoms with Crippen LogP contribution in [0.5, 0.6) is 5.75 Å². The van der Waals surface area contributed by atoms with Crippen LogP contribution < -0.4 is 5.32 Å². The van der Waals surface area contributed by atoms with Crippen LogP contribution in [0.4, 0.5) is 0 Å². The first-order valence-electron chi connectivity index (χ1n) is 4.80. The Morgan fingerprint density at radius 3 is 3.00 bits per heavy atom. The van der Waals surface area contributed by atoms with Gasteiger partial charge in [0.05, 0.1) is 0 Å². The van der Waals surface area contributed by atoms with E-state index < -0.39 is 0 Å². The van der Waals surface area contributed by atoms with Crippen molar-refractivity contribution in [2.45, 2.75) is 25.8 Å². The molecule has 1 heterocycles. The minimum atomic E-state index is 0.361. The normalized spacial score (nSPS) is 22.1. The van der Waals surface area contributed by atoms with Gasteiger partial charge >= 0.3 is 0 Å². The maximum Gasteiger partial charge on any atom is 0.120 e. The zero-order chi connectivity index (χ0) is 9.26. The predicted octanol–water partition coefficient (Wildman–Crippen LogP) is 2.13. The van der Waals surface area contributed by atoms with E-state index >= 15 is 0 Å². The number of nitrogens with one attached hydrogen (secondary N) is 1. The van der Waals surface area contributed by atoms with Gasteiger partial charge in [-0.3, -0.25) is 0 Å². The summed E-state index contributed by atoms with van der Waals surface area (Å²) >= 11 is 0. The number of phenols is 1. The molecule has 2 nitrogen and oxygen atoms in total. The lowest BCUT2D eigenvalue weighted by Gasteiger charge is -2.12. The summed E-state index contributed by atoms with van der Waals surface area (Å²) in [6, 6.07) is 6.15. The molecule has 1 aromatic rings. The fourth-order valence-electron chi connectivity index (χ4n) is 1.90. The van der Waals surface area contributed by atoms with E-state index in [9.17, 15) is 5.11 Å². The van der Waals surface area contributed by atoms with Crippen LogP contribution in [0.3, 0.4) is 0 Å². The molecule has 0 aliphatic carbocycles. The molecular weight excluding hydrogens is 162 g/mol. The molecule has 0 bridgehead atoms. The number of hydrogen-bond donors (Lipinski definition) is 2.